The third-order valence-corrected chi connectivity index (χ3v) is 6.92. The van der Waals surface area contributed by atoms with E-state index in [9.17, 15) is 9.90 Å². The van der Waals surface area contributed by atoms with Crippen molar-refractivity contribution < 1.29 is 9.67 Å². The van der Waals surface area contributed by atoms with E-state index < -0.39 is 0 Å². The Balaban J connectivity index is 1.82. The molecular weight excluding hydrogens is 382 g/mol. The highest BCUT2D eigenvalue weighted by molar-refractivity contribution is 7.15. The summed E-state index contributed by atoms with van der Waals surface area (Å²) in [5.74, 6) is 0.957. The van der Waals surface area contributed by atoms with Gasteiger partial charge < -0.3 is 5.11 Å². The van der Waals surface area contributed by atoms with Crippen LogP contribution in [0.2, 0.25) is 4.47 Å². The lowest BCUT2D eigenvalue weighted by Crippen LogP contribution is -2.56. The number of hydrogen-bond donors (Lipinski definition) is 0. The fraction of sp³-hybridized carbons (Fsp3) is 0.350. The summed E-state index contributed by atoms with van der Waals surface area (Å²) < 4.78 is 4.18. The van der Waals surface area contributed by atoms with Crippen LogP contribution in [0, 0.1) is 0 Å². The van der Waals surface area contributed by atoms with E-state index in [1.54, 1.807) is 6.20 Å². The molecule has 0 amide bonds. The molecule has 4 heterocycles. The predicted octanol–water partition coefficient (Wildman–Crippen LogP) is 3.25. The zero-order valence-corrected chi connectivity index (χ0v) is 16.2. The van der Waals surface area contributed by atoms with Crippen molar-refractivity contribution in [2.75, 3.05) is 0 Å². The topological polar surface area (TPSA) is 61.8 Å². The van der Waals surface area contributed by atoms with Crippen LogP contribution in [0.25, 0.3) is 11.1 Å². The number of hydrogen-bond acceptors (Lipinski definition) is 4. The van der Waals surface area contributed by atoms with Crippen LogP contribution in [0.4, 0.5) is 0 Å². The fourth-order valence-corrected chi connectivity index (χ4v) is 5.63. The molecule has 1 aromatic carbocycles. The van der Waals surface area contributed by atoms with Gasteiger partial charge in [-0.05, 0) is 31.2 Å². The Kier molecular flexibility index (Phi) is 4.06. The van der Waals surface area contributed by atoms with Gasteiger partial charge in [0, 0.05) is 6.20 Å². The molecule has 7 heteroatoms. The quantitative estimate of drug-likeness (QED) is 0.621. The number of nitrogens with zero attached hydrogens (tertiary/aromatic N) is 3. The number of benzene rings is 1. The van der Waals surface area contributed by atoms with Crippen molar-refractivity contribution in [1.29, 1.82) is 0 Å². The van der Waals surface area contributed by atoms with Gasteiger partial charge in [-0.15, -0.1) is 11.3 Å². The molecule has 2 unspecified atom stereocenters. The molecule has 0 radical (unpaired) electrons. The van der Waals surface area contributed by atoms with Crippen LogP contribution < -0.4 is 15.2 Å². The molecule has 5 nitrogen and oxygen atoms in total. The van der Waals surface area contributed by atoms with Gasteiger partial charge in [-0.3, -0.25) is 0 Å². The van der Waals surface area contributed by atoms with Gasteiger partial charge in [-0.2, -0.15) is 4.57 Å². The minimum atomic E-state index is -0.196. The summed E-state index contributed by atoms with van der Waals surface area (Å²) in [5.41, 5.74) is 0.785. The SMILES string of the molecule is O=c1c(-c2ccccc2)c([O-])[n+]2c3n1CCCC3CCC2c1cnc(Cl)s1. The summed E-state index contributed by atoms with van der Waals surface area (Å²) >= 11 is 7.47. The van der Waals surface area contributed by atoms with Crippen LogP contribution in [-0.2, 0) is 6.54 Å². The Morgan fingerprint density at radius 1 is 1.22 bits per heavy atom. The molecule has 2 aliphatic heterocycles. The van der Waals surface area contributed by atoms with E-state index in [2.05, 4.69) is 4.98 Å². The minimum absolute atomic E-state index is 0.110. The molecule has 2 aliphatic rings. The average Bonchev–Trinajstić information content (AvgIpc) is 3.12. The van der Waals surface area contributed by atoms with Gasteiger partial charge in [0.15, 0.2) is 4.47 Å². The summed E-state index contributed by atoms with van der Waals surface area (Å²) in [6, 6.07) is 9.16. The first-order valence-electron chi connectivity index (χ1n) is 9.21. The van der Waals surface area contributed by atoms with E-state index in [4.69, 9.17) is 11.6 Å². The number of thiazole rings is 1. The molecule has 0 N–H and O–H groups in total. The van der Waals surface area contributed by atoms with Crippen LogP contribution in [0.3, 0.4) is 0 Å². The Bertz CT molecular complexity index is 1080. The van der Waals surface area contributed by atoms with Crippen molar-refractivity contribution in [3.63, 3.8) is 0 Å². The lowest BCUT2D eigenvalue weighted by Gasteiger charge is -2.35. The van der Waals surface area contributed by atoms with Gasteiger partial charge in [0.2, 0.25) is 0 Å². The monoisotopic (exact) mass is 399 g/mol. The van der Waals surface area contributed by atoms with Crippen LogP contribution in [0.15, 0.2) is 41.3 Å². The molecule has 27 heavy (non-hydrogen) atoms. The summed E-state index contributed by atoms with van der Waals surface area (Å²) in [6.07, 6.45) is 5.60. The Morgan fingerprint density at radius 2 is 2.04 bits per heavy atom. The third kappa shape index (κ3) is 2.62. The van der Waals surface area contributed by atoms with Crippen molar-refractivity contribution >= 4 is 22.9 Å². The molecule has 3 aromatic rings. The molecule has 0 saturated carbocycles. The van der Waals surface area contributed by atoms with Gasteiger partial charge in [-0.25, -0.2) is 14.3 Å². The zero-order chi connectivity index (χ0) is 18.5. The van der Waals surface area contributed by atoms with Gasteiger partial charge in [0.05, 0.1) is 23.2 Å². The molecular formula is C20H18ClN3O2S. The van der Waals surface area contributed by atoms with Gasteiger partial charge >= 0.3 is 5.56 Å². The van der Waals surface area contributed by atoms with E-state index in [0.29, 0.717) is 16.6 Å². The van der Waals surface area contributed by atoms with Crippen molar-refractivity contribution in [2.45, 2.75) is 44.2 Å². The Hall–Kier alpha value is -2.18. The van der Waals surface area contributed by atoms with Gasteiger partial charge in [-0.1, -0.05) is 41.9 Å². The number of halogens is 1. The van der Waals surface area contributed by atoms with Crippen LogP contribution >= 0.6 is 22.9 Å². The molecule has 0 bridgehead atoms. The lowest BCUT2D eigenvalue weighted by molar-refractivity contribution is -0.765. The normalized spacial score (nSPS) is 21.1. The highest BCUT2D eigenvalue weighted by atomic mass is 35.5. The molecule has 138 valence electrons. The zero-order valence-electron chi connectivity index (χ0n) is 14.6. The Morgan fingerprint density at radius 3 is 2.78 bits per heavy atom. The van der Waals surface area contributed by atoms with E-state index in [1.807, 2.05) is 39.5 Å². The first-order valence-corrected chi connectivity index (χ1v) is 10.4. The maximum atomic E-state index is 13.6. The standard InChI is InChI=1S/C20H18ClN3O2S/c21-20-22-11-15(27-20)14-9-8-13-7-4-10-23-17(13)24(14)19(26)16(18(23)25)12-5-2-1-3-6-12/h1-3,5-6,11,13-14H,4,7-10H2. The second-order valence-electron chi connectivity index (χ2n) is 7.18. The van der Waals surface area contributed by atoms with E-state index in [1.165, 1.54) is 11.3 Å². The molecule has 0 aliphatic carbocycles. The van der Waals surface area contributed by atoms with Crippen molar-refractivity contribution in [1.82, 2.24) is 9.55 Å². The van der Waals surface area contributed by atoms with Crippen LogP contribution in [-0.4, -0.2) is 9.55 Å². The van der Waals surface area contributed by atoms with E-state index in [-0.39, 0.29) is 29.0 Å². The molecule has 5 rings (SSSR count). The first-order chi connectivity index (χ1) is 13.1. The second kappa shape index (κ2) is 6.46. The first kappa shape index (κ1) is 17.0. The molecule has 2 atom stereocenters. The number of rotatable bonds is 2. The predicted molar refractivity (Wildman–Crippen MR) is 102 cm³/mol. The van der Waals surface area contributed by atoms with Crippen LogP contribution in [0.1, 0.15) is 48.3 Å². The molecule has 0 spiro atoms. The van der Waals surface area contributed by atoms with Crippen molar-refractivity contribution in [2.24, 2.45) is 0 Å². The lowest BCUT2D eigenvalue weighted by atomic mass is 9.87. The summed E-state index contributed by atoms with van der Waals surface area (Å²) in [7, 11) is 0. The number of aromatic nitrogens is 3. The average molecular weight is 400 g/mol. The van der Waals surface area contributed by atoms with Crippen LogP contribution in [0.5, 0.6) is 5.88 Å². The summed E-state index contributed by atoms with van der Waals surface area (Å²) in [4.78, 5) is 18.4. The van der Waals surface area contributed by atoms with Crippen molar-refractivity contribution in [3.05, 3.63) is 62.1 Å². The highest BCUT2D eigenvalue weighted by Crippen LogP contribution is 2.40. The smallest absolute Gasteiger partial charge is 0.344 e. The summed E-state index contributed by atoms with van der Waals surface area (Å²) in [5, 5.41) is 13.6. The third-order valence-electron chi connectivity index (χ3n) is 5.70. The van der Waals surface area contributed by atoms with Gasteiger partial charge in [0.1, 0.15) is 11.6 Å². The summed E-state index contributed by atoms with van der Waals surface area (Å²) in [6.45, 7) is 0.668. The van der Waals surface area contributed by atoms with Gasteiger partial charge in [0.25, 0.3) is 5.82 Å². The molecule has 0 fully saturated rings. The van der Waals surface area contributed by atoms with Crippen molar-refractivity contribution in [3.8, 4) is 17.0 Å². The minimum Gasteiger partial charge on any atom is -0.842 e. The Labute approximate surface area is 165 Å². The fourth-order valence-electron chi connectivity index (χ4n) is 4.55. The van der Waals surface area contributed by atoms with E-state index >= 15 is 0 Å². The largest absolute Gasteiger partial charge is 0.842 e. The second-order valence-corrected chi connectivity index (χ2v) is 8.82. The van der Waals surface area contributed by atoms with E-state index in [0.717, 1.165) is 36.4 Å². The highest BCUT2D eigenvalue weighted by Gasteiger charge is 2.41. The maximum Gasteiger partial charge on any atom is 0.344 e. The maximum absolute atomic E-state index is 13.6. The molecule has 2 aromatic heterocycles. The molecule has 0 saturated heterocycles.